The summed E-state index contributed by atoms with van der Waals surface area (Å²) in [7, 11) is 2.45. The molecule has 0 bridgehead atoms. The maximum absolute atomic E-state index is 13.5. The molecule has 2 fully saturated rings. The second-order valence-electron chi connectivity index (χ2n) is 9.54. The van der Waals surface area contributed by atoms with Gasteiger partial charge in [0.2, 0.25) is 5.91 Å². The highest BCUT2D eigenvalue weighted by Crippen LogP contribution is 2.39. The summed E-state index contributed by atoms with van der Waals surface area (Å²) in [5.74, 6) is -1.29. The van der Waals surface area contributed by atoms with Crippen molar-refractivity contribution in [1.29, 1.82) is 0 Å². The van der Waals surface area contributed by atoms with E-state index in [9.17, 15) is 40.3 Å². The van der Waals surface area contributed by atoms with Crippen molar-refractivity contribution in [2.75, 3.05) is 45.2 Å². The SMILES string of the molecule is CN(C(=O)N(C)C1CN(C(=O)C2CNC2)CC1c1ccc(F)cc1)c1cc(C(F)(F)F)cc(C(F)(F)F)c1. The highest BCUT2D eigenvalue weighted by molar-refractivity contribution is 5.92. The van der Waals surface area contributed by atoms with Crippen molar-refractivity contribution < 1.29 is 40.3 Å². The van der Waals surface area contributed by atoms with E-state index >= 15 is 0 Å². The molecule has 38 heavy (non-hydrogen) atoms. The minimum absolute atomic E-state index is 0.00807. The quantitative estimate of drug-likeness (QED) is 0.572. The molecule has 2 aromatic carbocycles. The number of likely N-dealkylation sites (N-methyl/N-ethyl adjacent to an activating group) is 1. The van der Waals surface area contributed by atoms with E-state index in [1.54, 1.807) is 4.90 Å². The third kappa shape index (κ3) is 5.57. The number of carbonyl (C=O) groups is 2. The molecule has 1 N–H and O–H groups in total. The third-order valence-electron chi connectivity index (χ3n) is 7.08. The van der Waals surface area contributed by atoms with Crippen molar-refractivity contribution in [3.05, 3.63) is 65.0 Å². The maximum Gasteiger partial charge on any atom is 0.416 e. The molecule has 206 valence electrons. The van der Waals surface area contributed by atoms with Gasteiger partial charge in [0.25, 0.3) is 0 Å². The number of likely N-dealkylation sites (tertiary alicyclic amines) is 1. The normalized spacial score (nSPS) is 20.3. The van der Waals surface area contributed by atoms with E-state index in [1.807, 2.05) is 0 Å². The van der Waals surface area contributed by atoms with Crippen LogP contribution in [-0.2, 0) is 17.1 Å². The number of rotatable bonds is 4. The lowest BCUT2D eigenvalue weighted by molar-refractivity contribution is -0.143. The summed E-state index contributed by atoms with van der Waals surface area (Å²) in [5, 5.41) is 3.01. The smallest absolute Gasteiger partial charge is 0.340 e. The minimum atomic E-state index is -5.07. The van der Waals surface area contributed by atoms with Crippen molar-refractivity contribution in [3.8, 4) is 0 Å². The molecule has 2 unspecified atom stereocenters. The fourth-order valence-corrected chi connectivity index (χ4v) is 4.74. The lowest BCUT2D eigenvalue weighted by Gasteiger charge is -2.33. The van der Waals surface area contributed by atoms with Crippen LogP contribution in [0.15, 0.2) is 42.5 Å². The number of amides is 3. The van der Waals surface area contributed by atoms with Gasteiger partial charge in [-0.25, -0.2) is 9.18 Å². The lowest BCUT2D eigenvalue weighted by Crippen LogP contribution is -2.52. The molecule has 2 saturated heterocycles. The molecule has 0 aromatic heterocycles. The molecule has 2 aromatic rings. The zero-order valence-corrected chi connectivity index (χ0v) is 20.4. The maximum atomic E-state index is 13.5. The van der Waals surface area contributed by atoms with E-state index in [4.69, 9.17) is 0 Å². The zero-order chi connectivity index (χ0) is 28.0. The van der Waals surface area contributed by atoms with E-state index < -0.39 is 53.0 Å². The predicted molar refractivity (Wildman–Crippen MR) is 124 cm³/mol. The van der Waals surface area contributed by atoms with Crippen LogP contribution in [0.1, 0.15) is 22.6 Å². The van der Waals surface area contributed by atoms with Gasteiger partial charge >= 0.3 is 18.4 Å². The molecule has 2 atom stereocenters. The summed E-state index contributed by atoms with van der Waals surface area (Å²) in [4.78, 5) is 29.8. The molecule has 0 aliphatic carbocycles. The van der Waals surface area contributed by atoms with Crippen molar-refractivity contribution in [3.63, 3.8) is 0 Å². The van der Waals surface area contributed by atoms with Gasteiger partial charge in [0.1, 0.15) is 5.82 Å². The number of hydrogen-bond acceptors (Lipinski definition) is 3. The van der Waals surface area contributed by atoms with Gasteiger partial charge in [-0.1, -0.05) is 12.1 Å². The van der Waals surface area contributed by atoms with Gasteiger partial charge in [-0.15, -0.1) is 0 Å². The van der Waals surface area contributed by atoms with Gasteiger partial charge < -0.3 is 15.1 Å². The van der Waals surface area contributed by atoms with Crippen LogP contribution in [0.3, 0.4) is 0 Å². The second kappa shape index (κ2) is 10.1. The molecule has 6 nitrogen and oxygen atoms in total. The first kappa shape index (κ1) is 27.7. The average molecular weight is 546 g/mol. The van der Waals surface area contributed by atoms with E-state index in [-0.39, 0.29) is 31.0 Å². The summed E-state index contributed by atoms with van der Waals surface area (Å²) in [6.07, 6.45) is -10.1. The Bertz CT molecular complexity index is 1160. The van der Waals surface area contributed by atoms with Crippen molar-refractivity contribution in [1.82, 2.24) is 15.1 Å². The molecule has 4 rings (SSSR count). The molecule has 0 radical (unpaired) electrons. The zero-order valence-electron chi connectivity index (χ0n) is 20.4. The Morgan fingerprint density at radius 2 is 1.45 bits per heavy atom. The fraction of sp³-hybridized carbons (Fsp3) is 0.440. The Morgan fingerprint density at radius 1 is 0.895 bits per heavy atom. The van der Waals surface area contributed by atoms with Crippen molar-refractivity contribution in [2.24, 2.45) is 5.92 Å². The van der Waals surface area contributed by atoms with Gasteiger partial charge in [-0.2, -0.15) is 26.3 Å². The number of benzene rings is 2. The summed E-state index contributed by atoms with van der Waals surface area (Å²) < 4.78 is 93.6. The summed E-state index contributed by atoms with van der Waals surface area (Å²) >= 11 is 0. The van der Waals surface area contributed by atoms with Gasteiger partial charge in [0.15, 0.2) is 0 Å². The average Bonchev–Trinajstić information content (AvgIpc) is 3.26. The number of anilines is 1. The first-order valence-electron chi connectivity index (χ1n) is 11.7. The highest BCUT2D eigenvalue weighted by atomic mass is 19.4. The van der Waals surface area contributed by atoms with Crippen LogP contribution in [0.4, 0.5) is 41.2 Å². The van der Waals surface area contributed by atoms with E-state index in [1.165, 1.54) is 36.2 Å². The number of halogens is 7. The lowest BCUT2D eigenvalue weighted by atomic mass is 9.93. The van der Waals surface area contributed by atoms with Gasteiger partial charge in [-0.3, -0.25) is 9.69 Å². The number of nitrogens with one attached hydrogen (secondary N) is 1. The van der Waals surface area contributed by atoms with Crippen LogP contribution in [0, 0.1) is 11.7 Å². The number of urea groups is 1. The standard InChI is InChI=1S/C25H25F7N4O2/c1-34(19-8-16(24(27,28)29)7-17(9-19)25(30,31)32)23(38)35(2)21-13-36(22(37)15-10-33-11-15)12-20(21)14-3-5-18(26)6-4-14/h3-9,15,20-21,33H,10-13H2,1-2H3. The van der Waals surface area contributed by atoms with Crippen molar-refractivity contribution >= 4 is 17.6 Å². The largest absolute Gasteiger partial charge is 0.416 e. The van der Waals surface area contributed by atoms with Crippen LogP contribution >= 0.6 is 0 Å². The Labute approximate surface area is 214 Å². The summed E-state index contributed by atoms with van der Waals surface area (Å²) in [6.45, 7) is 1.34. The van der Waals surface area contributed by atoms with Gasteiger partial charge in [0, 0.05) is 51.9 Å². The van der Waals surface area contributed by atoms with E-state index in [0.29, 0.717) is 35.7 Å². The number of alkyl halides is 6. The Morgan fingerprint density at radius 3 is 1.92 bits per heavy atom. The molecular formula is C25H25F7N4O2. The van der Waals surface area contributed by atoms with Crippen LogP contribution in [0.2, 0.25) is 0 Å². The number of hydrogen-bond donors (Lipinski definition) is 1. The molecule has 3 amide bonds. The molecule has 2 heterocycles. The fourth-order valence-electron chi connectivity index (χ4n) is 4.74. The summed E-state index contributed by atoms with van der Waals surface area (Å²) in [5.41, 5.74) is -3.03. The minimum Gasteiger partial charge on any atom is -0.340 e. The van der Waals surface area contributed by atoms with E-state index in [2.05, 4.69) is 5.32 Å². The monoisotopic (exact) mass is 546 g/mol. The Balaban J connectivity index is 1.64. The topological polar surface area (TPSA) is 55.9 Å². The predicted octanol–water partition coefficient (Wildman–Crippen LogP) is 4.57. The van der Waals surface area contributed by atoms with Crippen molar-refractivity contribution in [2.45, 2.75) is 24.3 Å². The second-order valence-corrected chi connectivity index (χ2v) is 9.54. The highest BCUT2D eigenvalue weighted by Gasteiger charge is 2.43. The van der Waals surface area contributed by atoms with Crippen LogP contribution < -0.4 is 10.2 Å². The molecule has 13 heteroatoms. The molecule has 0 saturated carbocycles. The van der Waals surface area contributed by atoms with Gasteiger partial charge in [0.05, 0.1) is 23.1 Å². The Hall–Kier alpha value is -3.35. The molecule has 2 aliphatic heterocycles. The molecule has 0 spiro atoms. The van der Waals surface area contributed by atoms with Crippen LogP contribution in [0.25, 0.3) is 0 Å². The van der Waals surface area contributed by atoms with Crippen LogP contribution in [0.5, 0.6) is 0 Å². The first-order chi connectivity index (χ1) is 17.7. The number of carbonyl (C=O) groups excluding carboxylic acids is 2. The van der Waals surface area contributed by atoms with Gasteiger partial charge in [-0.05, 0) is 35.9 Å². The first-order valence-corrected chi connectivity index (χ1v) is 11.7. The third-order valence-corrected chi connectivity index (χ3v) is 7.08. The molecular weight excluding hydrogens is 521 g/mol. The van der Waals surface area contributed by atoms with Crippen LogP contribution in [-0.4, -0.2) is 68.1 Å². The Kier molecular flexibility index (Phi) is 7.34. The van der Waals surface area contributed by atoms with E-state index in [0.717, 1.165) is 7.05 Å². The number of nitrogens with zero attached hydrogens (tertiary/aromatic N) is 3. The molecule has 2 aliphatic rings. The summed E-state index contributed by atoms with van der Waals surface area (Å²) in [6, 6.07) is 4.94.